The fraction of sp³-hybridized carbons (Fsp3) is 0.276. The first-order valence-corrected chi connectivity index (χ1v) is 12.1. The molecule has 1 amide bonds. The molecule has 0 aliphatic carbocycles. The molecule has 3 rings (SSSR count). The number of ether oxygens (including phenoxy) is 2. The first-order chi connectivity index (χ1) is 18.1. The molecular weight excluding hydrogens is 488 g/mol. The predicted molar refractivity (Wildman–Crippen MR) is 145 cm³/mol. The van der Waals surface area contributed by atoms with Gasteiger partial charge in [0.15, 0.2) is 0 Å². The van der Waals surface area contributed by atoms with Gasteiger partial charge in [-0.1, -0.05) is 30.3 Å². The third kappa shape index (κ3) is 8.94. The summed E-state index contributed by atoms with van der Waals surface area (Å²) in [6, 6.07) is 21.1. The summed E-state index contributed by atoms with van der Waals surface area (Å²) in [5, 5.41) is 17.3. The van der Waals surface area contributed by atoms with Gasteiger partial charge >= 0.3 is 11.9 Å². The van der Waals surface area contributed by atoms with Gasteiger partial charge in [0.05, 0.1) is 6.61 Å². The molecule has 0 saturated heterocycles. The minimum atomic E-state index is -1.11. The lowest BCUT2D eigenvalue weighted by Crippen LogP contribution is -2.44. The highest BCUT2D eigenvalue weighted by Crippen LogP contribution is 2.24. The van der Waals surface area contributed by atoms with E-state index < -0.39 is 18.0 Å². The molecule has 0 heterocycles. The minimum absolute atomic E-state index is 0.0671. The second kappa shape index (κ2) is 15.0. The number of carbonyl (C=O) groups excluding carboxylic acids is 2. The number of phenols is 1. The lowest BCUT2D eigenvalue weighted by atomic mass is 10.1. The summed E-state index contributed by atoms with van der Waals surface area (Å²) < 4.78 is 10.8. The van der Waals surface area contributed by atoms with E-state index in [1.165, 1.54) is 17.0 Å². The quantitative estimate of drug-likeness (QED) is 0.378. The van der Waals surface area contributed by atoms with E-state index in [0.717, 1.165) is 0 Å². The van der Waals surface area contributed by atoms with Crippen LogP contribution >= 0.6 is 0 Å². The molecule has 0 spiro atoms. The van der Waals surface area contributed by atoms with Crippen LogP contribution in [0.4, 0.5) is 5.69 Å². The van der Waals surface area contributed by atoms with E-state index in [4.69, 9.17) is 19.7 Å². The highest BCUT2D eigenvalue weighted by atomic mass is 16.5. The zero-order valence-corrected chi connectivity index (χ0v) is 22.0. The molecule has 9 heteroatoms. The van der Waals surface area contributed by atoms with Gasteiger partial charge in [-0.3, -0.25) is 9.69 Å². The summed E-state index contributed by atoms with van der Waals surface area (Å²) in [4.78, 5) is 39.4. The lowest BCUT2D eigenvalue weighted by molar-refractivity contribution is -0.145. The number of esters is 1. The highest BCUT2D eigenvalue weighted by Gasteiger charge is 2.29. The first kappa shape index (κ1) is 29.9. The van der Waals surface area contributed by atoms with Crippen molar-refractivity contribution in [2.24, 2.45) is 0 Å². The van der Waals surface area contributed by atoms with Gasteiger partial charge in [0.2, 0.25) is 0 Å². The van der Waals surface area contributed by atoms with E-state index in [-0.39, 0.29) is 23.8 Å². The molecule has 0 bridgehead atoms. The van der Waals surface area contributed by atoms with Gasteiger partial charge < -0.3 is 24.6 Å². The molecule has 38 heavy (non-hydrogen) atoms. The molecule has 0 aliphatic rings. The number of carbonyl (C=O) groups is 3. The van der Waals surface area contributed by atoms with Crippen molar-refractivity contribution in [1.29, 1.82) is 0 Å². The van der Waals surface area contributed by atoms with Crippen LogP contribution in [0.2, 0.25) is 0 Å². The van der Waals surface area contributed by atoms with Crippen molar-refractivity contribution >= 4 is 23.5 Å². The molecular formula is C29H34N2O7. The Balaban J connectivity index is 0.000000423. The van der Waals surface area contributed by atoms with Crippen molar-refractivity contribution in [1.82, 2.24) is 4.90 Å². The van der Waals surface area contributed by atoms with Gasteiger partial charge in [0.25, 0.3) is 5.91 Å². The van der Waals surface area contributed by atoms with Crippen molar-refractivity contribution in [3.8, 4) is 11.5 Å². The Labute approximate surface area is 222 Å². The Morgan fingerprint density at radius 3 is 2.03 bits per heavy atom. The smallest absolute Gasteiger partial charge is 0.339 e. The van der Waals surface area contributed by atoms with Crippen molar-refractivity contribution in [2.45, 2.75) is 19.9 Å². The summed E-state index contributed by atoms with van der Waals surface area (Å²) in [5.41, 5.74) is 1.04. The van der Waals surface area contributed by atoms with E-state index in [2.05, 4.69) is 0 Å². The van der Waals surface area contributed by atoms with Crippen molar-refractivity contribution < 1.29 is 34.1 Å². The lowest BCUT2D eigenvalue weighted by Gasteiger charge is -2.28. The summed E-state index contributed by atoms with van der Waals surface area (Å²) >= 11 is 0. The monoisotopic (exact) mass is 522 g/mol. The zero-order chi connectivity index (χ0) is 28.1. The number of hydrogen-bond acceptors (Lipinski definition) is 7. The maximum atomic E-state index is 13.2. The number of anilines is 1. The average molecular weight is 523 g/mol. The highest BCUT2D eigenvalue weighted by molar-refractivity contribution is 6.09. The van der Waals surface area contributed by atoms with Crippen molar-refractivity contribution in [3.63, 3.8) is 0 Å². The molecule has 0 aliphatic heterocycles. The summed E-state index contributed by atoms with van der Waals surface area (Å²) in [7, 11) is 3.81. The van der Waals surface area contributed by atoms with Gasteiger partial charge in [-0.25, -0.2) is 9.59 Å². The fourth-order valence-corrected chi connectivity index (χ4v) is 3.32. The number of likely N-dealkylation sites (N-methyl/N-ethyl adjacent to an activating group) is 1. The molecule has 1 unspecified atom stereocenters. The van der Waals surface area contributed by atoms with E-state index >= 15 is 0 Å². The molecule has 0 fully saturated rings. The van der Waals surface area contributed by atoms with Gasteiger partial charge in [0.1, 0.15) is 29.7 Å². The molecule has 3 aromatic rings. The topological polar surface area (TPSA) is 117 Å². The molecule has 2 N–H and O–H groups in total. The number of aromatic carboxylic acids is 1. The van der Waals surface area contributed by atoms with Crippen LogP contribution in [0.3, 0.4) is 0 Å². The number of para-hydroxylation sites is 1. The van der Waals surface area contributed by atoms with E-state index in [1.807, 2.05) is 32.0 Å². The maximum absolute atomic E-state index is 13.2. The molecule has 3 aromatic carbocycles. The second-order valence-electron chi connectivity index (χ2n) is 8.44. The zero-order valence-electron chi connectivity index (χ0n) is 22.0. The third-order valence-corrected chi connectivity index (χ3v) is 5.31. The Morgan fingerprint density at radius 2 is 1.50 bits per heavy atom. The molecule has 202 valence electrons. The van der Waals surface area contributed by atoms with Gasteiger partial charge in [0, 0.05) is 17.8 Å². The van der Waals surface area contributed by atoms with Crippen LogP contribution in [0, 0.1) is 0 Å². The number of carboxylic acid groups (broad SMARTS) is 1. The number of nitrogens with zero attached hydrogens (tertiary/aromatic N) is 2. The van der Waals surface area contributed by atoms with Crippen molar-refractivity contribution in [2.75, 3.05) is 38.8 Å². The average Bonchev–Trinajstić information content (AvgIpc) is 2.90. The number of amides is 1. The van der Waals surface area contributed by atoms with Gasteiger partial charge in [-0.2, -0.15) is 0 Å². The number of aromatic hydroxyl groups is 1. The number of carboxylic acids is 1. The second-order valence-corrected chi connectivity index (χ2v) is 8.44. The summed E-state index contributed by atoms with van der Waals surface area (Å²) in [6.07, 6.45) is 0. The van der Waals surface area contributed by atoms with Crippen LogP contribution in [0.25, 0.3) is 0 Å². The molecule has 0 radical (unpaired) electrons. The largest absolute Gasteiger partial charge is 0.507 e. The minimum Gasteiger partial charge on any atom is -0.507 e. The van der Waals surface area contributed by atoms with Crippen LogP contribution in [-0.2, 0) is 9.53 Å². The third-order valence-electron chi connectivity index (χ3n) is 5.31. The maximum Gasteiger partial charge on any atom is 0.339 e. The van der Waals surface area contributed by atoms with Crippen LogP contribution < -0.4 is 9.64 Å². The normalized spacial score (nSPS) is 11.1. The Kier molecular flexibility index (Phi) is 11.8. The number of benzene rings is 3. The van der Waals surface area contributed by atoms with E-state index in [0.29, 0.717) is 30.2 Å². The summed E-state index contributed by atoms with van der Waals surface area (Å²) in [6.45, 7) is 5.03. The molecule has 9 nitrogen and oxygen atoms in total. The number of hydrogen-bond donors (Lipinski definition) is 2. The molecule has 0 saturated carbocycles. The SMILES string of the molecule is CCOc1ccc(N(C(=O)c2ccccc2)C(C)C(=O)OCCN(C)C)cc1.O=C(O)c1ccccc1O. The van der Waals surface area contributed by atoms with Crippen LogP contribution in [0.15, 0.2) is 78.9 Å². The van der Waals surface area contributed by atoms with Gasteiger partial charge in [-0.15, -0.1) is 0 Å². The standard InChI is InChI=1S/C22H28N2O4.C7H6O3/c1-5-27-20-13-11-19(12-14-20)24(21(25)18-9-7-6-8-10-18)17(2)22(26)28-16-15-23(3)4;8-6-4-2-1-3-5(6)7(9)10/h6-14,17H,5,15-16H2,1-4H3;1-4,8H,(H,9,10). The van der Waals surface area contributed by atoms with Gasteiger partial charge in [-0.05, 0) is 76.5 Å². The van der Waals surface area contributed by atoms with E-state index in [1.54, 1.807) is 67.6 Å². The van der Waals surface area contributed by atoms with Crippen molar-refractivity contribution in [3.05, 3.63) is 90.0 Å². The predicted octanol–water partition coefficient (Wildman–Crippen LogP) is 4.32. The Morgan fingerprint density at radius 1 is 0.895 bits per heavy atom. The molecule has 1 atom stereocenters. The number of rotatable bonds is 10. The molecule has 0 aromatic heterocycles. The van der Waals surface area contributed by atoms with Crippen LogP contribution in [0.1, 0.15) is 34.6 Å². The Bertz CT molecular complexity index is 1180. The summed E-state index contributed by atoms with van der Waals surface area (Å²) in [5.74, 6) is -1.31. The Hall–Kier alpha value is -4.37. The van der Waals surface area contributed by atoms with Crippen LogP contribution in [0.5, 0.6) is 11.5 Å². The fourth-order valence-electron chi connectivity index (χ4n) is 3.32. The van der Waals surface area contributed by atoms with Crippen LogP contribution in [-0.4, -0.2) is 72.9 Å². The first-order valence-electron chi connectivity index (χ1n) is 12.1. The van der Waals surface area contributed by atoms with E-state index in [9.17, 15) is 14.4 Å².